The van der Waals surface area contributed by atoms with Crippen LogP contribution in [-0.2, 0) is 27.9 Å². The molecule has 0 saturated carbocycles. The molecule has 8 nitrogen and oxygen atoms in total. The van der Waals surface area contributed by atoms with Gasteiger partial charge in [0.1, 0.15) is 6.10 Å². The van der Waals surface area contributed by atoms with E-state index >= 15 is 0 Å². The molecule has 0 fully saturated rings. The van der Waals surface area contributed by atoms with Gasteiger partial charge in [-0.25, -0.2) is 4.57 Å². The number of ether oxygens (including phenoxy) is 2. The van der Waals surface area contributed by atoms with Gasteiger partial charge in [0.2, 0.25) is 0 Å². The maximum atomic E-state index is 12.7. The van der Waals surface area contributed by atoms with E-state index in [0.717, 1.165) is 83.5 Å². The molecule has 0 bridgehead atoms. The lowest BCUT2D eigenvalue weighted by Crippen LogP contribution is -2.28. The summed E-state index contributed by atoms with van der Waals surface area (Å²) in [4.78, 5) is 22.6. The molecule has 9 heteroatoms. The topological polar surface area (TPSA) is 117 Å². The largest absolute Gasteiger partial charge is 0.472 e. The summed E-state index contributed by atoms with van der Waals surface area (Å²) in [5, 5.41) is 0. The van der Waals surface area contributed by atoms with Crippen molar-refractivity contribution in [1.29, 1.82) is 0 Å². The first kappa shape index (κ1) is 61.9. The van der Waals surface area contributed by atoms with Crippen molar-refractivity contribution in [3.8, 4) is 0 Å². The molecule has 64 heavy (non-hydrogen) atoms. The molecule has 0 spiro atoms. The van der Waals surface area contributed by atoms with Gasteiger partial charge in [0.05, 0.1) is 19.8 Å². The van der Waals surface area contributed by atoms with E-state index in [0.29, 0.717) is 13.0 Å². The molecular formula is C55H100NO7P. The standard InChI is InChI=1S/C55H100NO7P/c1-3-5-7-9-11-13-15-17-19-21-23-24-25-26-27-28-29-31-33-35-37-39-41-43-45-47-50-60-52-54(53-62-64(58,59)61-51-49-56)63-55(57)48-46-44-42-40-38-36-34-32-30-22-20-18-16-14-12-10-8-6-4-2/h5,7,11,13,17,19,23-24,26-27,29,31,54H,3-4,6,8-10,12,14-16,18,20-22,25,28,30,32-53,56H2,1-2H3,(H,58,59)/b7-5-,13-11-,19-17-,24-23-,27-26-,31-29-. The normalized spacial score (nSPS) is 13.9. The van der Waals surface area contributed by atoms with Crippen molar-refractivity contribution in [3.63, 3.8) is 0 Å². The monoisotopic (exact) mass is 918 g/mol. The smallest absolute Gasteiger partial charge is 0.457 e. The molecule has 0 rings (SSSR count). The van der Waals surface area contributed by atoms with Gasteiger partial charge < -0.3 is 20.1 Å². The van der Waals surface area contributed by atoms with Crippen LogP contribution in [0, 0.1) is 0 Å². The molecule has 0 aliphatic heterocycles. The minimum atomic E-state index is -4.29. The van der Waals surface area contributed by atoms with E-state index in [2.05, 4.69) is 86.8 Å². The van der Waals surface area contributed by atoms with Gasteiger partial charge in [-0.3, -0.25) is 13.8 Å². The first-order valence-corrected chi connectivity index (χ1v) is 27.9. The van der Waals surface area contributed by atoms with Crippen molar-refractivity contribution in [2.45, 2.75) is 238 Å². The van der Waals surface area contributed by atoms with Gasteiger partial charge in [0.15, 0.2) is 0 Å². The molecule has 0 radical (unpaired) electrons. The second-order valence-corrected chi connectivity index (χ2v) is 18.8. The van der Waals surface area contributed by atoms with Crippen LogP contribution in [0.3, 0.4) is 0 Å². The third-order valence-electron chi connectivity index (χ3n) is 11.1. The molecule has 0 aromatic rings. The number of allylic oxidation sites excluding steroid dienone is 12. The number of phosphoric acid groups is 1. The van der Waals surface area contributed by atoms with Gasteiger partial charge >= 0.3 is 13.8 Å². The summed E-state index contributed by atoms with van der Waals surface area (Å²) in [5.74, 6) is -0.333. The molecule has 2 atom stereocenters. The van der Waals surface area contributed by atoms with Crippen LogP contribution in [0.15, 0.2) is 72.9 Å². The lowest BCUT2D eigenvalue weighted by atomic mass is 10.0. The lowest BCUT2D eigenvalue weighted by Gasteiger charge is -2.20. The van der Waals surface area contributed by atoms with Crippen molar-refractivity contribution in [2.24, 2.45) is 5.73 Å². The number of hydrogen-bond donors (Lipinski definition) is 2. The summed E-state index contributed by atoms with van der Waals surface area (Å²) in [5.41, 5.74) is 5.39. The van der Waals surface area contributed by atoms with E-state index in [-0.39, 0.29) is 32.3 Å². The van der Waals surface area contributed by atoms with Crippen molar-refractivity contribution < 1.29 is 32.8 Å². The number of esters is 1. The Labute approximate surface area is 395 Å². The molecule has 0 heterocycles. The summed E-state index contributed by atoms with van der Waals surface area (Å²) in [7, 11) is -4.29. The van der Waals surface area contributed by atoms with Gasteiger partial charge in [-0.15, -0.1) is 0 Å². The summed E-state index contributed by atoms with van der Waals surface area (Å²) < 4.78 is 33.6. The Hall–Kier alpha value is -2.06. The number of rotatable bonds is 50. The first-order chi connectivity index (χ1) is 31.4. The number of unbranched alkanes of at least 4 members (excludes halogenated alkanes) is 25. The molecule has 0 aromatic carbocycles. The van der Waals surface area contributed by atoms with Gasteiger partial charge in [-0.2, -0.15) is 0 Å². The zero-order valence-corrected chi connectivity index (χ0v) is 42.4. The van der Waals surface area contributed by atoms with Crippen LogP contribution >= 0.6 is 7.82 Å². The maximum absolute atomic E-state index is 12.7. The average molecular weight is 918 g/mol. The maximum Gasteiger partial charge on any atom is 0.472 e. The van der Waals surface area contributed by atoms with E-state index in [1.807, 2.05) is 0 Å². The zero-order chi connectivity index (χ0) is 46.5. The second-order valence-electron chi connectivity index (χ2n) is 17.4. The second kappa shape index (κ2) is 51.9. The van der Waals surface area contributed by atoms with Crippen molar-refractivity contribution in [3.05, 3.63) is 72.9 Å². The quantitative estimate of drug-likeness (QED) is 0.0268. The van der Waals surface area contributed by atoms with Gasteiger partial charge in [0.25, 0.3) is 0 Å². The van der Waals surface area contributed by atoms with Crippen molar-refractivity contribution >= 4 is 13.8 Å². The van der Waals surface area contributed by atoms with Gasteiger partial charge in [-0.1, -0.05) is 234 Å². The third-order valence-corrected chi connectivity index (χ3v) is 12.1. The minimum Gasteiger partial charge on any atom is -0.457 e. The van der Waals surface area contributed by atoms with Crippen LogP contribution in [0.2, 0.25) is 0 Å². The van der Waals surface area contributed by atoms with Crippen LogP contribution in [0.25, 0.3) is 0 Å². The summed E-state index contributed by atoms with van der Waals surface area (Å²) in [6.07, 6.45) is 66.5. The molecule has 0 saturated heterocycles. The number of nitrogens with two attached hydrogens (primary N) is 1. The van der Waals surface area contributed by atoms with Crippen LogP contribution in [0.4, 0.5) is 0 Å². The number of phosphoric ester groups is 1. The van der Waals surface area contributed by atoms with Crippen LogP contribution in [-0.4, -0.2) is 49.9 Å². The number of carbonyl (C=O) groups excluding carboxylic acids is 1. The Kier molecular flexibility index (Phi) is 50.2. The number of hydrogen-bond acceptors (Lipinski definition) is 7. The third kappa shape index (κ3) is 50.9. The molecule has 2 unspecified atom stereocenters. The van der Waals surface area contributed by atoms with Crippen LogP contribution in [0.5, 0.6) is 0 Å². The Morgan fingerprint density at radius 2 is 0.875 bits per heavy atom. The van der Waals surface area contributed by atoms with Gasteiger partial charge in [-0.05, 0) is 64.2 Å². The highest BCUT2D eigenvalue weighted by atomic mass is 31.2. The van der Waals surface area contributed by atoms with E-state index in [4.69, 9.17) is 24.3 Å². The lowest BCUT2D eigenvalue weighted by molar-refractivity contribution is -0.154. The molecule has 0 aliphatic carbocycles. The predicted octanol–water partition coefficient (Wildman–Crippen LogP) is 16.6. The highest BCUT2D eigenvalue weighted by Gasteiger charge is 2.25. The molecule has 0 aliphatic rings. The Morgan fingerprint density at radius 3 is 1.31 bits per heavy atom. The van der Waals surface area contributed by atoms with E-state index < -0.39 is 13.9 Å². The SMILES string of the molecule is CC/C=C\C/C=C\C/C=C\C/C=C\C/C=C\C/C=C\CCCCCCCCCOCC(COP(=O)(O)OCCN)OC(=O)CCCCCCCCCCCCCCCCCCCCC. The number of carbonyl (C=O) groups is 1. The van der Waals surface area contributed by atoms with E-state index in [1.165, 1.54) is 128 Å². The molecule has 0 aromatic heterocycles. The molecule has 0 amide bonds. The zero-order valence-electron chi connectivity index (χ0n) is 41.5. The van der Waals surface area contributed by atoms with Crippen molar-refractivity contribution in [1.82, 2.24) is 0 Å². The van der Waals surface area contributed by atoms with Crippen LogP contribution < -0.4 is 5.73 Å². The van der Waals surface area contributed by atoms with Crippen molar-refractivity contribution in [2.75, 3.05) is 33.0 Å². The average Bonchev–Trinajstić information content (AvgIpc) is 3.29. The summed E-state index contributed by atoms with van der Waals surface area (Å²) in [6, 6.07) is 0. The highest BCUT2D eigenvalue weighted by Crippen LogP contribution is 2.43. The first-order valence-electron chi connectivity index (χ1n) is 26.4. The minimum absolute atomic E-state index is 0.0964. The Morgan fingerprint density at radius 1 is 0.484 bits per heavy atom. The molecule has 3 N–H and O–H groups in total. The summed E-state index contributed by atoms with van der Waals surface area (Å²) in [6.45, 7) is 4.81. The van der Waals surface area contributed by atoms with E-state index in [9.17, 15) is 14.3 Å². The Bertz CT molecular complexity index is 1210. The fourth-order valence-electron chi connectivity index (χ4n) is 7.30. The van der Waals surface area contributed by atoms with Gasteiger partial charge in [0, 0.05) is 19.6 Å². The molecule has 372 valence electrons. The fraction of sp³-hybridized carbons (Fsp3) is 0.764. The Balaban J connectivity index is 3.96. The molecular weight excluding hydrogens is 818 g/mol. The summed E-state index contributed by atoms with van der Waals surface area (Å²) >= 11 is 0. The highest BCUT2D eigenvalue weighted by molar-refractivity contribution is 7.47. The van der Waals surface area contributed by atoms with E-state index in [1.54, 1.807) is 0 Å². The van der Waals surface area contributed by atoms with Crippen LogP contribution in [0.1, 0.15) is 232 Å². The predicted molar refractivity (Wildman–Crippen MR) is 275 cm³/mol. The fourth-order valence-corrected chi connectivity index (χ4v) is 8.06.